The molecule has 4 rings (SSSR count). The largest absolute Gasteiger partial charge is 0.444 e. The smallest absolute Gasteiger partial charge is 0.410 e. The second-order valence-corrected chi connectivity index (χ2v) is 8.96. The number of anilines is 1. The van der Waals surface area contributed by atoms with Crippen LogP contribution >= 0.6 is 11.3 Å². The lowest BCUT2D eigenvalue weighted by molar-refractivity contribution is 0.0225. The highest BCUT2D eigenvalue weighted by atomic mass is 32.1. The standard InChI is InChI=1S/C21H22N4O3S/c1-21(2,3)28-20(27)25-11-9-15-16(12-25)29-19(23-15)24-18(26)14-8-4-6-13-7-5-10-22-17(13)14/h4-8,10H,9,11-12H2,1-3H3,(H,23,24,26). The molecule has 1 N–H and O–H groups in total. The number of aromatic nitrogens is 2. The number of amides is 2. The predicted octanol–water partition coefficient (Wildman–Crippen LogP) is 4.24. The van der Waals surface area contributed by atoms with Gasteiger partial charge in [0.1, 0.15) is 5.60 Å². The number of ether oxygens (including phenoxy) is 1. The summed E-state index contributed by atoms with van der Waals surface area (Å²) >= 11 is 1.39. The van der Waals surface area contributed by atoms with Gasteiger partial charge < -0.3 is 9.64 Å². The van der Waals surface area contributed by atoms with Crippen molar-refractivity contribution >= 4 is 39.4 Å². The van der Waals surface area contributed by atoms with E-state index in [1.54, 1.807) is 17.2 Å². The fourth-order valence-corrected chi connectivity index (χ4v) is 4.20. The van der Waals surface area contributed by atoms with E-state index in [1.807, 2.05) is 45.0 Å². The highest BCUT2D eigenvalue weighted by Gasteiger charge is 2.28. The quantitative estimate of drug-likeness (QED) is 0.683. The molecule has 0 bridgehead atoms. The maximum atomic E-state index is 12.8. The molecule has 0 unspecified atom stereocenters. The van der Waals surface area contributed by atoms with Gasteiger partial charge in [0, 0.05) is 29.4 Å². The van der Waals surface area contributed by atoms with E-state index in [0.29, 0.717) is 35.7 Å². The van der Waals surface area contributed by atoms with Crippen molar-refractivity contribution in [1.82, 2.24) is 14.9 Å². The SMILES string of the molecule is CC(C)(C)OC(=O)N1CCc2nc(NC(=O)c3cccc4cccnc34)sc2C1. The van der Waals surface area contributed by atoms with E-state index < -0.39 is 5.60 Å². The Balaban J connectivity index is 1.50. The molecule has 3 heterocycles. The molecule has 0 atom stereocenters. The average Bonchev–Trinajstić information content (AvgIpc) is 3.07. The van der Waals surface area contributed by atoms with Gasteiger partial charge in [-0.25, -0.2) is 9.78 Å². The number of benzene rings is 1. The van der Waals surface area contributed by atoms with Gasteiger partial charge in [0.05, 0.1) is 23.3 Å². The summed E-state index contributed by atoms with van der Waals surface area (Å²) in [5.41, 5.74) is 1.55. The zero-order chi connectivity index (χ0) is 20.6. The Bertz CT molecular complexity index is 1080. The first-order valence-electron chi connectivity index (χ1n) is 9.42. The number of nitrogens with one attached hydrogen (secondary N) is 1. The van der Waals surface area contributed by atoms with Crippen molar-refractivity contribution in [1.29, 1.82) is 0 Å². The minimum absolute atomic E-state index is 0.246. The third-order valence-corrected chi connectivity index (χ3v) is 5.48. The summed E-state index contributed by atoms with van der Waals surface area (Å²) in [5.74, 6) is -0.246. The van der Waals surface area contributed by atoms with Crippen LogP contribution in [0.4, 0.5) is 9.93 Å². The highest BCUT2D eigenvalue weighted by molar-refractivity contribution is 7.15. The van der Waals surface area contributed by atoms with Gasteiger partial charge in [0.2, 0.25) is 0 Å². The molecule has 0 fully saturated rings. The maximum absolute atomic E-state index is 12.8. The second-order valence-electron chi connectivity index (χ2n) is 7.88. The number of para-hydroxylation sites is 1. The molecule has 1 aliphatic heterocycles. The molecule has 0 radical (unpaired) electrons. The van der Waals surface area contributed by atoms with Crippen LogP contribution in [0.15, 0.2) is 36.5 Å². The van der Waals surface area contributed by atoms with E-state index >= 15 is 0 Å². The Labute approximate surface area is 172 Å². The summed E-state index contributed by atoms with van der Waals surface area (Å²) in [6, 6.07) is 9.28. The predicted molar refractivity (Wildman–Crippen MR) is 112 cm³/mol. The van der Waals surface area contributed by atoms with Crippen molar-refractivity contribution < 1.29 is 14.3 Å². The third-order valence-electron chi connectivity index (χ3n) is 4.48. The normalized spacial score (nSPS) is 13.8. The van der Waals surface area contributed by atoms with E-state index in [4.69, 9.17) is 4.74 Å². The zero-order valence-corrected chi connectivity index (χ0v) is 17.4. The van der Waals surface area contributed by atoms with Crippen LogP contribution in [0.5, 0.6) is 0 Å². The van der Waals surface area contributed by atoms with Gasteiger partial charge >= 0.3 is 6.09 Å². The van der Waals surface area contributed by atoms with Crippen LogP contribution in [0, 0.1) is 0 Å². The molecule has 1 aliphatic rings. The molecule has 29 heavy (non-hydrogen) atoms. The maximum Gasteiger partial charge on any atom is 0.410 e. The molecule has 0 aliphatic carbocycles. The minimum atomic E-state index is -0.531. The number of carbonyl (C=O) groups is 2. The fourth-order valence-electron chi connectivity index (χ4n) is 3.18. The Morgan fingerprint density at radius 3 is 2.79 bits per heavy atom. The van der Waals surface area contributed by atoms with Gasteiger partial charge in [-0.15, -0.1) is 0 Å². The van der Waals surface area contributed by atoms with Gasteiger partial charge in [0.15, 0.2) is 5.13 Å². The van der Waals surface area contributed by atoms with Crippen LogP contribution < -0.4 is 5.32 Å². The van der Waals surface area contributed by atoms with Gasteiger partial charge in [-0.2, -0.15) is 0 Å². The number of hydrogen-bond donors (Lipinski definition) is 1. The molecule has 3 aromatic rings. The summed E-state index contributed by atoms with van der Waals surface area (Å²) < 4.78 is 5.46. The number of nitrogens with zero attached hydrogens (tertiary/aromatic N) is 3. The van der Waals surface area contributed by atoms with Gasteiger partial charge in [-0.3, -0.25) is 15.1 Å². The van der Waals surface area contributed by atoms with E-state index in [1.165, 1.54) is 11.3 Å². The summed E-state index contributed by atoms with van der Waals surface area (Å²) in [6.07, 6.45) is 1.98. The second kappa shape index (κ2) is 7.44. The van der Waals surface area contributed by atoms with Crippen molar-refractivity contribution in [2.75, 3.05) is 11.9 Å². The first-order chi connectivity index (χ1) is 13.8. The topological polar surface area (TPSA) is 84.4 Å². The van der Waals surface area contributed by atoms with Gasteiger partial charge in [-0.1, -0.05) is 29.5 Å². The zero-order valence-electron chi connectivity index (χ0n) is 16.6. The van der Waals surface area contributed by atoms with E-state index in [0.717, 1.165) is 16.0 Å². The van der Waals surface area contributed by atoms with Crippen LogP contribution in [0.25, 0.3) is 10.9 Å². The first kappa shape index (κ1) is 19.3. The molecule has 0 saturated carbocycles. The van der Waals surface area contributed by atoms with Crippen LogP contribution in [0.3, 0.4) is 0 Å². The van der Waals surface area contributed by atoms with Crippen LogP contribution in [-0.2, 0) is 17.7 Å². The lowest BCUT2D eigenvalue weighted by atomic mass is 10.1. The van der Waals surface area contributed by atoms with Crippen LogP contribution in [-0.4, -0.2) is 39.0 Å². The molecule has 1 aromatic carbocycles. The van der Waals surface area contributed by atoms with Crippen molar-refractivity contribution in [3.05, 3.63) is 52.7 Å². The van der Waals surface area contributed by atoms with Crippen molar-refractivity contribution in [3.8, 4) is 0 Å². The number of thiazole rings is 1. The first-order valence-corrected chi connectivity index (χ1v) is 10.2. The summed E-state index contributed by atoms with van der Waals surface area (Å²) in [6.45, 7) is 6.54. The number of carbonyl (C=O) groups excluding carboxylic acids is 2. The molecule has 2 amide bonds. The highest BCUT2D eigenvalue weighted by Crippen LogP contribution is 2.29. The van der Waals surface area contributed by atoms with Crippen molar-refractivity contribution in [2.24, 2.45) is 0 Å². The number of rotatable bonds is 2. The van der Waals surface area contributed by atoms with Gasteiger partial charge in [-0.05, 0) is 32.9 Å². The Morgan fingerprint density at radius 1 is 1.21 bits per heavy atom. The number of pyridine rings is 1. The van der Waals surface area contributed by atoms with Crippen LogP contribution in [0.2, 0.25) is 0 Å². The summed E-state index contributed by atoms with van der Waals surface area (Å²) in [7, 11) is 0. The average molecular weight is 410 g/mol. The monoisotopic (exact) mass is 410 g/mol. The molecule has 0 spiro atoms. The Kier molecular flexibility index (Phi) is 4.96. The number of fused-ring (bicyclic) bond motifs is 2. The lowest BCUT2D eigenvalue weighted by Crippen LogP contribution is -2.39. The number of hydrogen-bond acceptors (Lipinski definition) is 6. The molecule has 7 nitrogen and oxygen atoms in total. The summed E-state index contributed by atoms with van der Waals surface area (Å²) in [4.78, 5) is 36.7. The molecule has 8 heteroatoms. The summed E-state index contributed by atoms with van der Waals surface area (Å²) in [5, 5.41) is 4.32. The van der Waals surface area contributed by atoms with E-state index in [9.17, 15) is 9.59 Å². The molecular weight excluding hydrogens is 388 g/mol. The lowest BCUT2D eigenvalue weighted by Gasteiger charge is -2.29. The molecular formula is C21H22N4O3S. The van der Waals surface area contributed by atoms with E-state index in [-0.39, 0.29) is 12.0 Å². The van der Waals surface area contributed by atoms with Crippen molar-refractivity contribution in [2.45, 2.75) is 39.3 Å². The molecule has 2 aromatic heterocycles. The Hall–Kier alpha value is -3.00. The van der Waals surface area contributed by atoms with Gasteiger partial charge in [0.25, 0.3) is 5.91 Å². The fraction of sp³-hybridized carbons (Fsp3) is 0.333. The van der Waals surface area contributed by atoms with Crippen molar-refractivity contribution in [3.63, 3.8) is 0 Å². The molecule has 150 valence electrons. The van der Waals surface area contributed by atoms with Crippen LogP contribution in [0.1, 0.15) is 41.7 Å². The minimum Gasteiger partial charge on any atom is -0.444 e. The third kappa shape index (κ3) is 4.22. The molecule has 0 saturated heterocycles. The van der Waals surface area contributed by atoms with E-state index in [2.05, 4.69) is 15.3 Å². The Morgan fingerprint density at radius 2 is 2.00 bits per heavy atom.